The number of fused-ring (bicyclic) bond motifs is 1. The molecule has 0 amide bonds. The quantitative estimate of drug-likeness (QED) is 0.377. The lowest BCUT2D eigenvalue weighted by molar-refractivity contribution is 0.0526. The van der Waals surface area contributed by atoms with Gasteiger partial charge in [-0.05, 0) is 55.3 Å². The second kappa shape index (κ2) is 8.23. The van der Waals surface area contributed by atoms with Crippen LogP contribution in [0.1, 0.15) is 60.5 Å². The highest BCUT2D eigenvalue weighted by atomic mass is 32.1. The number of nitrogens with one attached hydrogen (secondary N) is 2. The molecule has 1 unspecified atom stereocenters. The van der Waals surface area contributed by atoms with E-state index < -0.39 is 11.5 Å². The normalized spacial score (nSPS) is 16.8. The molecular formula is C20H25N3O4S2. The van der Waals surface area contributed by atoms with Gasteiger partial charge in [-0.25, -0.2) is 9.79 Å². The van der Waals surface area contributed by atoms with Crippen molar-refractivity contribution in [3.63, 3.8) is 0 Å². The van der Waals surface area contributed by atoms with Crippen molar-refractivity contribution >= 4 is 40.7 Å². The molecule has 9 heteroatoms. The third kappa shape index (κ3) is 4.51. The van der Waals surface area contributed by atoms with Crippen LogP contribution in [0, 0.1) is 16.1 Å². The van der Waals surface area contributed by atoms with E-state index in [9.17, 15) is 14.7 Å². The van der Waals surface area contributed by atoms with Crippen LogP contribution in [-0.2, 0) is 17.6 Å². The molecule has 2 aromatic heterocycles. The van der Waals surface area contributed by atoms with Gasteiger partial charge in [0.1, 0.15) is 10.6 Å². The Bertz CT molecular complexity index is 1070. The molecule has 0 aromatic carbocycles. The molecule has 0 fully saturated rings. The number of aromatic amines is 2. The monoisotopic (exact) mass is 435 g/mol. The molecule has 7 nitrogen and oxygen atoms in total. The Balaban J connectivity index is 2.05. The largest absolute Gasteiger partial charge is 0.494 e. The van der Waals surface area contributed by atoms with Gasteiger partial charge in [0, 0.05) is 11.1 Å². The first-order valence-corrected chi connectivity index (χ1v) is 10.8. The van der Waals surface area contributed by atoms with Gasteiger partial charge in [0.05, 0.1) is 12.2 Å². The summed E-state index contributed by atoms with van der Waals surface area (Å²) in [6, 6.07) is 0. The van der Waals surface area contributed by atoms with Crippen molar-refractivity contribution in [2.75, 3.05) is 6.61 Å². The zero-order valence-electron chi connectivity index (χ0n) is 16.9. The van der Waals surface area contributed by atoms with E-state index in [1.54, 1.807) is 6.92 Å². The average molecular weight is 436 g/mol. The maximum atomic E-state index is 12.6. The Labute approximate surface area is 177 Å². The standard InChI is InChI=1S/C20H25N3O4S2/c1-5-27-18(26)14-11-7-6-10(20(2,3)4)8-13(11)29-17(14)21-9-12-15(24)22-19(28)23-16(12)25/h9-10H,5-8H2,1-4H3,(H3,22,23,24,25,28)/b21-9+. The van der Waals surface area contributed by atoms with Crippen molar-refractivity contribution in [3.05, 3.63) is 36.7 Å². The van der Waals surface area contributed by atoms with Crippen LogP contribution in [0.3, 0.4) is 0 Å². The van der Waals surface area contributed by atoms with E-state index in [4.69, 9.17) is 17.0 Å². The minimum Gasteiger partial charge on any atom is -0.494 e. The lowest BCUT2D eigenvalue weighted by Gasteiger charge is -2.33. The summed E-state index contributed by atoms with van der Waals surface area (Å²) in [6.45, 7) is 8.73. The number of thiophene rings is 1. The fourth-order valence-corrected chi connectivity index (χ4v) is 4.99. The minimum atomic E-state index is -0.554. The summed E-state index contributed by atoms with van der Waals surface area (Å²) in [6.07, 6.45) is 3.93. The van der Waals surface area contributed by atoms with Gasteiger partial charge in [-0.2, -0.15) is 0 Å². The predicted octanol–water partition coefficient (Wildman–Crippen LogP) is 4.28. The molecular weight excluding hydrogens is 410 g/mol. The van der Waals surface area contributed by atoms with Gasteiger partial charge >= 0.3 is 5.97 Å². The summed E-state index contributed by atoms with van der Waals surface area (Å²) < 4.78 is 5.28. The van der Waals surface area contributed by atoms with Gasteiger partial charge < -0.3 is 14.8 Å². The number of nitrogens with zero attached hydrogens (tertiary/aromatic N) is 1. The van der Waals surface area contributed by atoms with Crippen molar-refractivity contribution < 1.29 is 14.6 Å². The van der Waals surface area contributed by atoms with E-state index in [1.807, 2.05) is 0 Å². The molecule has 3 N–H and O–H groups in total. The Kier molecular flexibility index (Phi) is 6.09. The van der Waals surface area contributed by atoms with Crippen LogP contribution in [-0.4, -0.2) is 33.9 Å². The van der Waals surface area contributed by atoms with Crippen LogP contribution in [0.25, 0.3) is 0 Å². The van der Waals surface area contributed by atoms with Gasteiger partial charge in [0.2, 0.25) is 5.88 Å². The second-order valence-electron chi connectivity index (χ2n) is 8.14. The maximum Gasteiger partial charge on any atom is 0.341 e. The molecule has 1 aliphatic carbocycles. The Morgan fingerprint density at radius 2 is 2.14 bits per heavy atom. The van der Waals surface area contributed by atoms with Gasteiger partial charge in [0.25, 0.3) is 5.56 Å². The SMILES string of the molecule is CCOC(=O)c1c(/N=C/c2c(O)[nH]c(=S)[nH]c2=O)sc2c1CCC(C(C)(C)C)C2. The number of hydrogen-bond acceptors (Lipinski definition) is 7. The van der Waals surface area contributed by atoms with Crippen molar-refractivity contribution in [3.8, 4) is 5.88 Å². The number of ether oxygens (including phenoxy) is 1. The van der Waals surface area contributed by atoms with E-state index in [2.05, 4.69) is 35.7 Å². The summed E-state index contributed by atoms with van der Waals surface area (Å²) in [5.74, 6) is -0.257. The maximum absolute atomic E-state index is 12.6. The molecule has 0 aliphatic heterocycles. The van der Waals surface area contributed by atoms with Crippen LogP contribution in [0.15, 0.2) is 9.79 Å². The van der Waals surface area contributed by atoms with Gasteiger partial charge in [0.15, 0.2) is 4.77 Å². The molecule has 3 rings (SSSR count). The van der Waals surface area contributed by atoms with E-state index in [1.165, 1.54) is 17.6 Å². The third-order valence-electron chi connectivity index (χ3n) is 5.22. The molecule has 0 bridgehead atoms. The van der Waals surface area contributed by atoms with Crippen LogP contribution >= 0.6 is 23.6 Å². The summed E-state index contributed by atoms with van der Waals surface area (Å²) >= 11 is 6.28. The lowest BCUT2D eigenvalue weighted by atomic mass is 9.72. The highest BCUT2D eigenvalue weighted by molar-refractivity contribution is 7.71. The Morgan fingerprint density at radius 3 is 2.76 bits per heavy atom. The number of carbonyl (C=O) groups excluding carboxylic acids is 1. The fourth-order valence-electron chi connectivity index (χ4n) is 3.54. The number of aromatic nitrogens is 2. The Hall–Kier alpha value is -2.26. The van der Waals surface area contributed by atoms with Crippen molar-refractivity contribution in [1.29, 1.82) is 0 Å². The molecule has 1 aliphatic rings. The van der Waals surface area contributed by atoms with E-state index in [0.717, 1.165) is 29.7 Å². The molecule has 0 saturated heterocycles. The number of esters is 1. The van der Waals surface area contributed by atoms with Gasteiger partial charge in [-0.15, -0.1) is 11.3 Å². The smallest absolute Gasteiger partial charge is 0.341 e. The molecule has 2 aromatic rings. The average Bonchev–Trinajstić information content (AvgIpc) is 2.97. The highest BCUT2D eigenvalue weighted by Gasteiger charge is 2.34. The van der Waals surface area contributed by atoms with Crippen LogP contribution in [0.2, 0.25) is 0 Å². The zero-order valence-corrected chi connectivity index (χ0v) is 18.6. The summed E-state index contributed by atoms with van der Waals surface area (Å²) in [4.78, 5) is 35.1. The number of carbonyl (C=O) groups is 1. The number of hydrogen-bond donors (Lipinski definition) is 3. The van der Waals surface area contributed by atoms with Crippen LogP contribution in [0.4, 0.5) is 5.00 Å². The van der Waals surface area contributed by atoms with E-state index in [-0.39, 0.29) is 28.2 Å². The van der Waals surface area contributed by atoms with E-state index in [0.29, 0.717) is 16.5 Å². The van der Waals surface area contributed by atoms with Gasteiger partial charge in [-0.1, -0.05) is 20.8 Å². The van der Waals surface area contributed by atoms with Crippen LogP contribution in [0.5, 0.6) is 5.88 Å². The first-order valence-electron chi connectivity index (χ1n) is 9.53. The molecule has 156 valence electrons. The number of aromatic hydroxyl groups is 1. The molecule has 2 heterocycles. The molecule has 0 radical (unpaired) electrons. The van der Waals surface area contributed by atoms with Crippen molar-refractivity contribution in [1.82, 2.24) is 9.97 Å². The second-order valence-corrected chi connectivity index (χ2v) is 9.63. The lowest BCUT2D eigenvalue weighted by Crippen LogP contribution is -2.26. The molecule has 0 spiro atoms. The third-order valence-corrected chi connectivity index (χ3v) is 6.59. The van der Waals surface area contributed by atoms with Crippen LogP contribution < -0.4 is 5.56 Å². The number of H-pyrrole nitrogens is 2. The predicted molar refractivity (Wildman–Crippen MR) is 116 cm³/mol. The number of rotatable bonds is 4. The van der Waals surface area contributed by atoms with Crippen molar-refractivity contribution in [2.24, 2.45) is 16.3 Å². The van der Waals surface area contributed by atoms with Gasteiger partial charge in [-0.3, -0.25) is 9.78 Å². The minimum absolute atomic E-state index is 0.0247. The molecule has 0 saturated carbocycles. The first-order chi connectivity index (χ1) is 13.6. The topological polar surface area (TPSA) is 108 Å². The zero-order chi connectivity index (χ0) is 21.3. The Morgan fingerprint density at radius 1 is 1.41 bits per heavy atom. The van der Waals surface area contributed by atoms with Crippen molar-refractivity contribution in [2.45, 2.75) is 47.0 Å². The summed E-state index contributed by atoms with van der Waals surface area (Å²) in [7, 11) is 0. The fraction of sp³-hybridized carbons (Fsp3) is 0.500. The highest BCUT2D eigenvalue weighted by Crippen LogP contribution is 2.45. The molecule has 29 heavy (non-hydrogen) atoms. The summed E-state index contributed by atoms with van der Waals surface area (Å²) in [5.41, 5.74) is 1.03. The molecule has 1 atom stereocenters. The van der Waals surface area contributed by atoms with E-state index >= 15 is 0 Å². The number of aliphatic imine (C=N–C) groups is 1. The first kappa shape index (κ1) is 21.4. The summed E-state index contributed by atoms with van der Waals surface area (Å²) in [5, 5.41) is 10.5.